The van der Waals surface area contributed by atoms with Crippen molar-refractivity contribution in [3.8, 4) is 16.8 Å². The van der Waals surface area contributed by atoms with E-state index in [1.165, 1.54) is 80.8 Å². The molecule has 0 atom stereocenters. The number of hydrogen-bond donors (Lipinski definition) is 1. The molecule has 1 radical (unpaired) electrons. The van der Waals surface area contributed by atoms with Gasteiger partial charge in [-0.05, 0) is 72.4 Å². The van der Waals surface area contributed by atoms with Crippen LogP contribution in [0.5, 0.6) is 0 Å². The van der Waals surface area contributed by atoms with Gasteiger partial charge >= 0.3 is 0 Å². The van der Waals surface area contributed by atoms with Crippen LogP contribution >= 0.6 is 11.3 Å². The second kappa shape index (κ2) is 8.85. The van der Waals surface area contributed by atoms with Gasteiger partial charge in [0.1, 0.15) is 0 Å². The fourth-order valence-corrected chi connectivity index (χ4v) is 8.06. The van der Waals surface area contributed by atoms with Gasteiger partial charge in [0.2, 0.25) is 0 Å². The number of nitrogens with one attached hydrogen (secondary N) is 1. The quantitative estimate of drug-likeness (QED) is 0.216. The van der Waals surface area contributed by atoms with Crippen LogP contribution in [0.25, 0.3) is 58.8 Å². The fourth-order valence-electron chi connectivity index (χ4n) is 6.95. The molecule has 0 aliphatic carbocycles. The minimum atomic E-state index is 1.13. The summed E-state index contributed by atoms with van der Waals surface area (Å²) in [6.07, 6.45) is 0. The molecule has 0 bridgehead atoms. The number of nitrogens with zero attached hydrogens (tertiary/aromatic N) is 1. The molecule has 1 aliphatic rings. The van der Waals surface area contributed by atoms with Gasteiger partial charge in [-0.2, -0.15) is 0 Å². The molecule has 6 aromatic carbocycles. The van der Waals surface area contributed by atoms with E-state index in [1.54, 1.807) is 0 Å². The fraction of sp³-hybridized carbons (Fsp3) is 0.0526. The highest BCUT2D eigenvalue weighted by Crippen LogP contribution is 2.45. The van der Waals surface area contributed by atoms with Crippen molar-refractivity contribution in [2.75, 3.05) is 5.32 Å². The molecule has 2 aromatic heterocycles. The zero-order chi connectivity index (χ0) is 27.9. The predicted molar refractivity (Wildman–Crippen MR) is 183 cm³/mol. The maximum absolute atomic E-state index is 3.86. The topological polar surface area (TPSA) is 17.0 Å². The van der Waals surface area contributed by atoms with Crippen LogP contribution in [-0.2, 0) is 0 Å². The van der Waals surface area contributed by atoms with E-state index >= 15 is 0 Å². The molecule has 1 aliphatic heterocycles. The zero-order valence-corrected chi connectivity index (χ0v) is 24.2. The van der Waals surface area contributed by atoms with Crippen LogP contribution in [0.4, 0.5) is 11.4 Å². The lowest BCUT2D eigenvalue weighted by atomic mass is 9.58. The molecule has 4 heteroatoms. The molecule has 3 heterocycles. The van der Waals surface area contributed by atoms with Crippen LogP contribution < -0.4 is 16.2 Å². The number of aryl methyl sites for hydroxylation is 2. The number of aromatic nitrogens is 1. The normalized spacial score (nSPS) is 12.2. The number of fused-ring (bicyclic) bond motifs is 8. The van der Waals surface area contributed by atoms with Crippen molar-refractivity contribution >= 4 is 82.9 Å². The summed E-state index contributed by atoms with van der Waals surface area (Å²) in [5.41, 5.74) is 13.6. The molecule has 8 aromatic rings. The van der Waals surface area contributed by atoms with E-state index in [1.807, 2.05) is 11.3 Å². The minimum Gasteiger partial charge on any atom is -0.355 e. The van der Waals surface area contributed by atoms with Gasteiger partial charge in [-0.1, -0.05) is 84.3 Å². The van der Waals surface area contributed by atoms with Crippen molar-refractivity contribution in [1.82, 2.24) is 4.57 Å². The Morgan fingerprint density at radius 1 is 0.667 bits per heavy atom. The third-order valence-electron chi connectivity index (χ3n) is 8.80. The molecular formula is C38H26BN2S. The lowest BCUT2D eigenvalue weighted by Gasteiger charge is -2.25. The molecule has 0 amide bonds. The molecule has 0 saturated heterocycles. The summed E-state index contributed by atoms with van der Waals surface area (Å²) in [5.74, 6) is 0. The Labute approximate surface area is 249 Å². The Balaban J connectivity index is 1.41. The first-order chi connectivity index (χ1) is 20.7. The van der Waals surface area contributed by atoms with Gasteiger partial charge in [-0.25, -0.2) is 0 Å². The van der Waals surface area contributed by atoms with Gasteiger partial charge < -0.3 is 9.88 Å². The van der Waals surface area contributed by atoms with Gasteiger partial charge in [0.25, 0.3) is 0 Å². The van der Waals surface area contributed by atoms with Gasteiger partial charge in [0.05, 0.1) is 5.52 Å². The maximum Gasteiger partial charge on any atom is 0.197 e. The molecular weight excluding hydrogens is 527 g/mol. The van der Waals surface area contributed by atoms with E-state index in [4.69, 9.17) is 0 Å². The Morgan fingerprint density at radius 3 is 2.36 bits per heavy atom. The SMILES string of the molecule is Cc1cc(-c2c(Nc3ccccc3C)ccc3sc4ccccc4c23)c2c(c1)-n1c3ccccc3c3cccc(c31)[B]2. The first-order valence-corrected chi connectivity index (χ1v) is 15.3. The molecule has 0 unspecified atom stereocenters. The monoisotopic (exact) mass is 553 g/mol. The number of thiophene rings is 1. The highest BCUT2D eigenvalue weighted by atomic mass is 32.1. The first kappa shape index (κ1) is 23.9. The van der Waals surface area contributed by atoms with E-state index in [-0.39, 0.29) is 0 Å². The van der Waals surface area contributed by atoms with Crippen LogP contribution in [0, 0.1) is 13.8 Å². The van der Waals surface area contributed by atoms with Crippen molar-refractivity contribution in [1.29, 1.82) is 0 Å². The third kappa shape index (κ3) is 3.33. The third-order valence-corrected chi connectivity index (χ3v) is 9.93. The lowest BCUT2D eigenvalue weighted by Crippen LogP contribution is -2.37. The van der Waals surface area contributed by atoms with Crippen molar-refractivity contribution in [3.63, 3.8) is 0 Å². The zero-order valence-electron chi connectivity index (χ0n) is 23.4. The molecule has 0 fully saturated rings. The van der Waals surface area contributed by atoms with Crippen LogP contribution in [0.15, 0.2) is 115 Å². The lowest BCUT2D eigenvalue weighted by molar-refractivity contribution is 1.18. The van der Waals surface area contributed by atoms with Crippen molar-refractivity contribution < 1.29 is 0 Å². The van der Waals surface area contributed by atoms with E-state index in [0.29, 0.717) is 0 Å². The van der Waals surface area contributed by atoms with E-state index in [2.05, 4.69) is 146 Å². The molecule has 0 spiro atoms. The predicted octanol–water partition coefficient (Wildman–Crippen LogP) is 9.15. The van der Waals surface area contributed by atoms with E-state index < -0.39 is 0 Å². The molecule has 197 valence electrons. The highest BCUT2D eigenvalue weighted by Gasteiger charge is 2.27. The van der Waals surface area contributed by atoms with Crippen molar-refractivity contribution in [2.45, 2.75) is 13.8 Å². The molecule has 9 rings (SSSR count). The second-order valence-corrected chi connectivity index (χ2v) is 12.5. The number of para-hydroxylation sites is 3. The highest BCUT2D eigenvalue weighted by molar-refractivity contribution is 7.26. The van der Waals surface area contributed by atoms with Gasteiger partial charge in [-0.3, -0.25) is 0 Å². The summed E-state index contributed by atoms with van der Waals surface area (Å²) >= 11 is 1.87. The number of anilines is 2. The van der Waals surface area contributed by atoms with Crippen molar-refractivity contribution in [3.05, 3.63) is 126 Å². The summed E-state index contributed by atoms with van der Waals surface area (Å²) in [7, 11) is 2.41. The molecule has 0 saturated carbocycles. The van der Waals surface area contributed by atoms with Crippen LogP contribution in [0.2, 0.25) is 0 Å². The van der Waals surface area contributed by atoms with Crippen LogP contribution in [0.1, 0.15) is 11.1 Å². The average molecular weight is 554 g/mol. The summed E-state index contributed by atoms with van der Waals surface area (Å²) in [6, 6.07) is 42.2. The number of rotatable bonds is 3. The van der Waals surface area contributed by atoms with Crippen LogP contribution in [0.3, 0.4) is 0 Å². The minimum absolute atomic E-state index is 1.13. The van der Waals surface area contributed by atoms with Crippen LogP contribution in [-0.4, -0.2) is 11.8 Å². The van der Waals surface area contributed by atoms with E-state index in [0.717, 1.165) is 11.4 Å². The first-order valence-electron chi connectivity index (χ1n) is 14.4. The summed E-state index contributed by atoms with van der Waals surface area (Å²) in [4.78, 5) is 0. The maximum atomic E-state index is 3.86. The number of hydrogen-bond acceptors (Lipinski definition) is 2. The average Bonchev–Trinajstić information content (AvgIpc) is 3.56. The van der Waals surface area contributed by atoms with Crippen molar-refractivity contribution in [2.24, 2.45) is 0 Å². The van der Waals surface area contributed by atoms with Gasteiger partial charge in [0.15, 0.2) is 7.28 Å². The van der Waals surface area contributed by atoms with E-state index in [9.17, 15) is 0 Å². The van der Waals surface area contributed by atoms with Gasteiger partial charge in [-0.15, -0.1) is 11.3 Å². The Kier molecular flexibility index (Phi) is 5.03. The molecule has 1 N–H and O–H groups in total. The summed E-state index contributed by atoms with van der Waals surface area (Å²) in [6.45, 7) is 4.40. The number of benzene rings is 6. The molecule has 2 nitrogen and oxygen atoms in total. The smallest absolute Gasteiger partial charge is 0.197 e. The Hall–Kier alpha value is -4.80. The second-order valence-electron chi connectivity index (χ2n) is 11.4. The van der Waals surface area contributed by atoms with Gasteiger partial charge in [0, 0.05) is 59.1 Å². The Morgan fingerprint density at radius 2 is 1.45 bits per heavy atom. The summed E-state index contributed by atoms with van der Waals surface area (Å²) < 4.78 is 5.11. The largest absolute Gasteiger partial charge is 0.355 e. The summed E-state index contributed by atoms with van der Waals surface area (Å²) in [5, 5.41) is 9.09. The Bertz CT molecular complexity index is 2390. The standard InChI is InChI=1S/C38H26BN2S/c1-22-20-27(37-32(21-22)41-31-16-7-4-11-24(31)25-13-9-14-28(39-37)38(25)41)35-30(40-29-15-6-3-10-23(29)2)18-19-34-36(35)26-12-5-8-17-33(26)42-34/h3-21,40H,1-2H3. The molecule has 42 heavy (non-hydrogen) atoms.